The molecular weight excluding hydrogens is 481 g/mol. The molecule has 0 bridgehead atoms. The minimum atomic E-state index is -0.233. The summed E-state index contributed by atoms with van der Waals surface area (Å²) in [5.41, 5.74) is 4.64. The number of aliphatic hydroxyl groups is 1. The number of nitrogens with zero attached hydrogens (tertiary/aromatic N) is 6. The van der Waals surface area contributed by atoms with Crippen LogP contribution in [0.1, 0.15) is 37.3 Å². The third-order valence-corrected chi connectivity index (χ3v) is 7.77. The Balaban J connectivity index is 1.25. The molecule has 198 valence electrons. The number of imidazole rings is 1. The molecule has 0 atom stereocenters. The van der Waals surface area contributed by atoms with Crippen LogP contribution in [-0.4, -0.2) is 68.9 Å². The highest BCUT2D eigenvalue weighted by molar-refractivity contribution is 5.84. The summed E-state index contributed by atoms with van der Waals surface area (Å²) >= 11 is 0. The number of fused-ring (bicyclic) bond motifs is 1. The standard InChI is InChI=1S/C29H34FN7O/c30-24-5-3-4-23(18-24)22-10-8-21(9-11-22)19-31-27-26-28(37(20-32-26)25-6-1-2-7-25)34-29(33-27)36-14-12-35(13-15-36)16-17-38/h3-5,8-11,18,20,25,38H,1-2,6-7,12-17,19H2,(H,31,33,34). The maximum Gasteiger partial charge on any atom is 0.229 e. The fourth-order valence-corrected chi connectivity index (χ4v) is 5.60. The Hall–Kier alpha value is -3.56. The summed E-state index contributed by atoms with van der Waals surface area (Å²) in [5, 5.41) is 12.8. The topological polar surface area (TPSA) is 82.3 Å². The van der Waals surface area contributed by atoms with Gasteiger partial charge < -0.3 is 19.9 Å². The van der Waals surface area contributed by atoms with Gasteiger partial charge in [-0.3, -0.25) is 4.90 Å². The minimum Gasteiger partial charge on any atom is -0.395 e. The molecule has 3 heterocycles. The summed E-state index contributed by atoms with van der Waals surface area (Å²) in [6.07, 6.45) is 6.73. The van der Waals surface area contributed by atoms with Crippen molar-refractivity contribution in [1.29, 1.82) is 0 Å². The Morgan fingerprint density at radius 3 is 2.47 bits per heavy atom. The van der Waals surface area contributed by atoms with Crippen LogP contribution in [-0.2, 0) is 6.54 Å². The van der Waals surface area contributed by atoms with Gasteiger partial charge in [0.05, 0.1) is 12.9 Å². The summed E-state index contributed by atoms with van der Waals surface area (Å²) in [6.45, 7) is 4.88. The largest absolute Gasteiger partial charge is 0.395 e. The monoisotopic (exact) mass is 515 g/mol. The van der Waals surface area contributed by atoms with Crippen molar-refractivity contribution >= 4 is 22.9 Å². The molecule has 38 heavy (non-hydrogen) atoms. The zero-order valence-corrected chi connectivity index (χ0v) is 21.6. The first-order valence-corrected chi connectivity index (χ1v) is 13.6. The van der Waals surface area contributed by atoms with Crippen LogP contribution in [0.5, 0.6) is 0 Å². The van der Waals surface area contributed by atoms with Crippen molar-refractivity contribution in [3.63, 3.8) is 0 Å². The van der Waals surface area contributed by atoms with Gasteiger partial charge in [0.15, 0.2) is 17.0 Å². The smallest absolute Gasteiger partial charge is 0.229 e. The van der Waals surface area contributed by atoms with Gasteiger partial charge in [-0.15, -0.1) is 0 Å². The highest BCUT2D eigenvalue weighted by atomic mass is 19.1. The number of rotatable bonds is 8. The van der Waals surface area contributed by atoms with Crippen LogP contribution in [0.3, 0.4) is 0 Å². The van der Waals surface area contributed by atoms with Crippen LogP contribution in [0.15, 0.2) is 54.9 Å². The third kappa shape index (κ3) is 5.21. The van der Waals surface area contributed by atoms with Crippen molar-refractivity contribution in [3.05, 3.63) is 66.2 Å². The van der Waals surface area contributed by atoms with Crippen LogP contribution in [0, 0.1) is 5.82 Å². The van der Waals surface area contributed by atoms with Gasteiger partial charge in [-0.1, -0.05) is 49.2 Å². The maximum atomic E-state index is 13.6. The number of nitrogens with one attached hydrogen (secondary N) is 1. The van der Waals surface area contributed by atoms with Crippen LogP contribution >= 0.6 is 0 Å². The van der Waals surface area contributed by atoms with Gasteiger partial charge in [0.25, 0.3) is 0 Å². The molecule has 2 aromatic carbocycles. The number of aliphatic hydroxyl groups excluding tert-OH is 1. The predicted molar refractivity (Wildman–Crippen MR) is 148 cm³/mol. The van der Waals surface area contributed by atoms with Crippen LogP contribution < -0.4 is 10.2 Å². The normalized spacial score (nSPS) is 16.9. The first kappa shape index (κ1) is 24.8. The van der Waals surface area contributed by atoms with E-state index in [1.165, 1.54) is 18.9 Å². The lowest BCUT2D eigenvalue weighted by molar-refractivity contribution is 0.188. The minimum absolute atomic E-state index is 0.181. The van der Waals surface area contributed by atoms with Crippen LogP contribution in [0.4, 0.5) is 16.2 Å². The second-order valence-electron chi connectivity index (χ2n) is 10.2. The molecule has 1 saturated heterocycles. The molecule has 4 aromatic rings. The van der Waals surface area contributed by atoms with E-state index in [-0.39, 0.29) is 12.4 Å². The summed E-state index contributed by atoms with van der Waals surface area (Å²) in [4.78, 5) is 19.2. The lowest BCUT2D eigenvalue weighted by Gasteiger charge is -2.34. The molecule has 6 rings (SSSR count). The number of aromatic nitrogens is 4. The average Bonchev–Trinajstić information content (AvgIpc) is 3.63. The molecule has 1 aliphatic carbocycles. The molecule has 2 aromatic heterocycles. The third-order valence-electron chi connectivity index (χ3n) is 7.77. The molecule has 0 amide bonds. The van der Waals surface area contributed by atoms with E-state index >= 15 is 0 Å². The van der Waals surface area contributed by atoms with Gasteiger partial charge in [0, 0.05) is 45.3 Å². The van der Waals surface area contributed by atoms with Gasteiger partial charge in [0.2, 0.25) is 5.95 Å². The predicted octanol–water partition coefficient (Wildman–Crippen LogP) is 4.47. The molecular formula is C29H34FN7O. The molecule has 0 unspecified atom stereocenters. The first-order valence-electron chi connectivity index (χ1n) is 13.6. The molecule has 2 N–H and O–H groups in total. The number of hydrogen-bond acceptors (Lipinski definition) is 7. The Bertz CT molecular complexity index is 1380. The Kier molecular flexibility index (Phi) is 7.20. The zero-order valence-electron chi connectivity index (χ0n) is 21.6. The average molecular weight is 516 g/mol. The molecule has 0 spiro atoms. The van der Waals surface area contributed by atoms with Crippen molar-refractivity contribution < 1.29 is 9.50 Å². The van der Waals surface area contributed by atoms with Crippen LogP contribution in [0.25, 0.3) is 22.3 Å². The van der Waals surface area contributed by atoms with Gasteiger partial charge in [-0.25, -0.2) is 9.37 Å². The molecule has 2 aliphatic rings. The number of piperazine rings is 1. The first-order chi connectivity index (χ1) is 18.7. The van der Waals surface area contributed by atoms with Gasteiger partial charge in [-0.2, -0.15) is 9.97 Å². The summed E-state index contributed by atoms with van der Waals surface area (Å²) < 4.78 is 15.9. The van der Waals surface area contributed by atoms with Crippen molar-refractivity contribution in [3.8, 4) is 11.1 Å². The van der Waals surface area contributed by atoms with E-state index in [2.05, 4.69) is 31.8 Å². The van der Waals surface area contributed by atoms with Crippen molar-refractivity contribution in [2.75, 3.05) is 49.5 Å². The van der Waals surface area contributed by atoms with E-state index < -0.39 is 0 Å². The number of β-amino-alcohol motifs (C(OH)–C–C–N with tert-alkyl or cyclic N) is 1. The summed E-state index contributed by atoms with van der Waals surface area (Å²) in [6, 6.07) is 15.3. The second-order valence-corrected chi connectivity index (χ2v) is 10.2. The molecule has 1 saturated carbocycles. The van der Waals surface area contributed by atoms with Crippen molar-refractivity contribution in [2.24, 2.45) is 0 Å². The number of halogens is 1. The van der Waals surface area contributed by atoms with E-state index in [0.717, 1.165) is 78.6 Å². The highest BCUT2D eigenvalue weighted by Gasteiger charge is 2.24. The van der Waals surface area contributed by atoms with Gasteiger partial charge >= 0.3 is 0 Å². The van der Waals surface area contributed by atoms with Gasteiger partial charge in [-0.05, 0) is 41.7 Å². The highest BCUT2D eigenvalue weighted by Crippen LogP contribution is 2.33. The quantitative estimate of drug-likeness (QED) is 0.358. The van der Waals surface area contributed by atoms with E-state index in [9.17, 15) is 9.50 Å². The van der Waals surface area contributed by atoms with E-state index in [1.54, 1.807) is 12.1 Å². The number of hydrogen-bond donors (Lipinski definition) is 2. The van der Waals surface area contributed by atoms with E-state index in [1.807, 2.05) is 24.5 Å². The molecule has 0 radical (unpaired) electrons. The van der Waals surface area contributed by atoms with Crippen molar-refractivity contribution in [1.82, 2.24) is 24.4 Å². The molecule has 2 fully saturated rings. The van der Waals surface area contributed by atoms with E-state index in [0.29, 0.717) is 19.1 Å². The fourth-order valence-electron chi connectivity index (χ4n) is 5.60. The Morgan fingerprint density at radius 2 is 1.74 bits per heavy atom. The summed E-state index contributed by atoms with van der Waals surface area (Å²) in [7, 11) is 0. The SMILES string of the molecule is OCCN1CCN(c2nc(NCc3ccc(-c4cccc(F)c4)cc3)c3ncn(C4CCCC4)c3n2)CC1. The fraction of sp³-hybridized carbons (Fsp3) is 0.414. The Morgan fingerprint density at radius 1 is 0.947 bits per heavy atom. The lowest BCUT2D eigenvalue weighted by Crippen LogP contribution is -2.47. The summed E-state index contributed by atoms with van der Waals surface area (Å²) in [5.74, 6) is 1.24. The van der Waals surface area contributed by atoms with E-state index in [4.69, 9.17) is 15.0 Å². The molecule has 1 aliphatic heterocycles. The number of anilines is 2. The number of benzene rings is 2. The zero-order chi connectivity index (χ0) is 25.9. The molecule has 9 heteroatoms. The lowest BCUT2D eigenvalue weighted by atomic mass is 10.0. The maximum absolute atomic E-state index is 13.6. The van der Waals surface area contributed by atoms with Gasteiger partial charge in [0.1, 0.15) is 5.82 Å². The van der Waals surface area contributed by atoms with Crippen LogP contribution in [0.2, 0.25) is 0 Å². The Labute approximate surface area is 222 Å². The second kappa shape index (κ2) is 11.0. The molecule has 8 nitrogen and oxygen atoms in total. The van der Waals surface area contributed by atoms with Crippen molar-refractivity contribution in [2.45, 2.75) is 38.3 Å².